The molecule has 0 aliphatic carbocycles. The summed E-state index contributed by atoms with van der Waals surface area (Å²) < 4.78 is 11.6. The van der Waals surface area contributed by atoms with E-state index in [1.165, 1.54) is 6.20 Å². The topological polar surface area (TPSA) is 121 Å². The first-order chi connectivity index (χ1) is 16.9. The fraction of sp³-hybridized carbons (Fsp3) is 0.320. The lowest BCUT2D eigenvalue weighted by atomic mass is 10.1. The molecule has 0 radical (unpaired) electrons. The van der Waals surface area contributed by atoms with Crippen LogP contribution in [0, 0.1) is 0 Å². The van der Waals surface area contributed by atoms with Gasteiger partial charge in [0.15, 0.2) is 0 Å². The number of benzene rings is 2. The van der Waals surface area contributed by atoms with Gasteiger partial charge in [-0.3, -0.25) is 19.6 Å². The molecule has 0 fully saturated rings. The van der Waals surface area contributed by atoms with Crippen molar-refractivity contribution in [3.8, 4) is 11.5 Å². The van der Waals surface area contributed by atoms with E-state index >= 15 is 0 Å². The van der Waals surface area contributed by atoms with Crippen LogP contribution in [0.15, 0.2) is 51.9 Å². The van der Waals surface area contributed by atoms with Gasteiger partial charge in [0.25, 0.3) is 5.91 Å². The second kappa shape index (κ2) is 12.4. The third-order valence-electron chi connectivity index (χ3n) is 5.67. The van der Waals surface area contributed by atoms with Crippen LogP contribution in [0.3, 0.4) is 0 Å². The summed E-state index contributed by atoms with van der Waals surface area (Å²) in [5, 5.41) is 9.06. The number of nitrogens with zero attached hydrogens (tertiary/aromatic N) is 1. The van der Waals surface area contributed by atoms with Gasteiger partial charge in [-0.1, -0.05) is 22.4 Å². The Kier molecular flexibility index (Phi) is 9.27. The number of ether oxygens (including phenoxy) is 2. The van der Waals surface area contributed by atoms with Gasteiger partial charge in [-0.2, -0.15) is 0 Å². The van der Waals surface area contributed by atoms with Gasteiger partial charge in [0, 0.05) is 47.2 Å². The molecule has 0 saturated heterocycles. The van der Waals surface area contributed by atoms with Crippen LogP contribution in [-0.4, -0.2) is 47.7 Å². The lowest BCUT2D eigenvalue weighted by Crippen LogP contribution is -2.35. The van der Waals surface area contributed by atoms with E-state index in [1.807, 2.05) is 6.07 Å². The molecule has 0 unspecified atom stereocenters. The normalized spacial score (nSPS) is 10.7. The highest BCUT2D eigenvalue weighted by molar-refractivity contribution is 9.10. The molecule has 1 aromatic heterocycles. The van der Waals surface area contributed by atoms with E-state index in [4.69, 9.17) is 14.7 Å². The van der Waals surface area contributed by atoms with E-state index < -0.39 is 11.8 Å². The Hall–Kier alpha value is -3.37. The zero-order valence-electron chi connectivity index (χ0n) is 19.6. The average Bonchev–Trinajstić information content (AvgIpc) is 2.87. The van der Waals surface area contributed by atoms with Crippen molar-refractivity contribution in [3.63, 3.8) is 0 Å². The second-order valence-corrected chi connectivity index (χ2v) is 8.89. The fourth-order valence-corrected chi connectivity index (χ4v) is 4.15. The maximum atomic E-state index is 13.6. The predicted molar refractivity (Wildman–Crippen MR) is 135 cm³/mol. The minimum atomic E-state index is -0.449. The number of H-pyrrole nitrogens is 1. The number of rotatable bonds is 11. The first kappa shape index (κ1) is 26.2. The summed E-state index contributed by atoms with van der Waals surface area (Å²) in [4.78, 5) is 42.6. The maximum Gasteiger partial charge on any atom is 0.259 e. The van der Waals surface area contributed by atoms with Gasteiger partial charge in [-0.15, -0.1) is 0 Å². The Morgan fingerprint density at radius 3 is 2.60 bits per heavy atom. The summed E-state index contributed by atoms with van der Waals surface area (Å²) in [6, 6.07) is 10.6. The van der Waals surface area contributed by atoms with Crippen molar-refractivity contribution in [2.24, 2.45) is 0 Å². The molecule has 2 aromatic carbocycles. The molecule has 186 valence electrons. The quantitative estimate of drug-likeness (QED) is 0.190. The van der Waals surface area contributed by atoms with E-state index in [2.05, 4.69) is 20.9 Å². The zero-order valence-corrected chi connectivity index (χ0v) is 21.2. The number of aromatic nitrogens is 1. The zero-order chi connectivity index (χ0) is 25.4. The van der Waals surface area contributed by atoms with Crippen LogP contribution in [0.5, 0.6) is 11.5 Å². The highest BCUT2D eigenvalue weighted by atomic mass is 79.9. The van der Waals surface area contributed by atoms with Crippen molar-refractivity contribution in [1.82, 2.24) is 15.4 Å². The number of halogens is 1. The van der Waals surface area contributed by atoms with Crippen molar-refractivity contribution in [2.45, 2.75) is 32.2 Å². The molecule has 3 rings (SSSR count). The molecule has 0 spiro atoms. The third-order valence-corrected chi connectivity index (χ3v) is 6.17. The van der Waals surface area contributed by atoms with Crippen molar-refractivity contribution in [2.75, 3.05) is 20.8 Å². The predicted octanol–water partition coefficient (Wildman–Crippen LogP) is 4.02. The largest absolute Gasteiger partial charge is 0.497 e. The SMILES string of the molecule is COc1ccc(CN(CCCCCC(=O)NO)C(=O)c2c[nH]c3cc(Br)ccc3c2=O)c(OC)c1. The highest BCUT2D eigenvalue weighted by Gasteiger charge is 2.22. The van der Waals surface area contributed by atoms with Crippen molar-refractivity contribution >= 4 is 38.6 Å². The summed E-state index contributed by atoms with van der Waals surface area (Å²) >= 11 is 3.39. The molecule has 9 nitrogen and oxygen atoms in total. The first-order valence-electron chi connectivity index (χ1n) is 11.1. The highest BCUT2D eigenvalue weighted by Crippen LogP contribution is 2.26. The van der Waals surface area contributed by atoms with Crippen LogP contribution in [0.2, 0.25) is 0 Å². The van der Waals surface area contributed by atoms with Gasteiger partial charge in [-0.25, -0.2) is 5.48 Å². The minimum absolute atomic E-state index is 0.0481. The number of aromatic amines is 1. The Bertz CT molecular complexity index is 1260. The number of carbonyl (C=O) groups excluding carboxylic acids is 2. The van der Waals surface area contributed by atoms with E-state index in [0.717, 1.165) is 10.0 Å². The Morgan fingerprint density at radius 1 is 1.09 bits per heavy atom. The van der Waals surface area contributed by atoms with Crippen LogP contribution in [0.25, 0.3) is 10.9 Å². The van der Waals surface area contributed by atoms with Gasteiger partial charge in [-0.05, 0) is 43.2 Å². The van der Waals surface area contributed by atoms with Gasteiger partial charge >= 0.3 is 0 Å². The smallest absolute Gasteiger partial charge is 0.259 e. The van der Waals surface area contributed by atoms with E-state index in [-0.39, 0.29) is 24.0 Å². The molecule has 35 heavy (non-hydrogen) atoms. The second-order valence-electron chi connectivity index (χ2n) is 7.97. The summed E-state index contributed by atoms with van der Waals surface area (Å²) in [6.07, 6.45) is 3.48. The monoisotopic (exact) mass is 545 g/mol. The van der Waals surface area contributed by atoms with Gasteiger partial charge in [0.1, 0.15) is 17.1 Å². The van der Waals surface area contributed by atoms with Crippen LogP contribution in [0.4, 0.5) is 0 Å². The summed E-state index contributed by atoms with van der Waals surface area (Å²) in [6.45, 7) is 0.591. The molecule has 0 atom stereocenters. The Balaban J connectivity index is 1.87. The molecule has 1 heterocycles. The van der Waals surface area contributed by atoms with Crippen LogP contribution < -0.4 is 20.4 Å². The standard InChI is InChI=1S/C25H28BrN3O6/c1-34-18-9-7-16(22(13-18)35-2)15-29(11-5-3-4-6-23(30)28-33)25(32)20-14-27-21-12-17(26)8-10-19(21)24(20)31/h7-10,12-14,33H,3-6,11,15H2,1-2H3,(H,27,31)(H,28,30). The third kappa shape index (κ3) is 6.61. The van der Waals surface area contributed by atoms with Crippen LogP contribution in [0.1, 0.15) is 41.6 Å². The van der Waals surface area contributed by atoms with Crippen molar-refractivity contribution in [3.05, 3.63) is 68.4 Å². The van der Waals surface area contributed by atoms with Crippen LogP contribution >= 0.6 is 15.9 Å². The summed E-state index contributed by atoms with van der Waals surface area (Å²) in [5.41, 5.74) is 2.71. The maximum absolute atomic E-state index is 13.6. The molecule has 0 saturated carbocycles. The van der Waals surface area contributed by atoms with E-state index in [0.29, 0.717) is 48.2 Å². The summed E-state index contributed by atoms with van der Waals surface area (Å²) in [7, 11) is 3.11. The molecular weight excluding hydrogens is 518 g/mol. The summed E-state index contributed by atoms with van der Waals surface area (Å²) in [5.74, 6) is 0.346. The molecule has 0 aliphatic rings. The number of methoxy groups -OCH3 is 2. The number of hydroxylamine groups is 1. The van der Waals surface area contributed by atoms with Gasteiger partial charge in [0.2, 0.25) is 11.3 Å². The number of amides is 2. The molecule has 2 amide bonds. The number of hydrogen-bond donors (Lipinski definition) is 3. The Morgan fingerprint density at radius 2 is 1.89 bits per heavy atom. The number of hydrogen-bond acceptors (Lipinski definition) is 6. The van der Waals surface area contributed by atoms with Crippen LogP contribution in [-0.2, 0) is 11.3 Å². The molecule has 3 aromatic rings. The van der Waals surface area contributed by atoms with E-state index in [9.17, 15) is 14.4 Å². The number of nitrogens with one attached hydrogen (secondary N) is 2. The lowest BCUT2D eigenvalue weighted by molar-refractivity contribution is -0.129. The number of carbonyl (C=O) groups is 2. The minimum Gasteiger partial charge on any atom is -0.497 e. The van der Waals surface area contributed by atoms with Gasteiger partial charge < -0.3 is 19.4 Å². The molecule has 0 bridgehead atoms. The first-order valence-corrected chi connectivity index (χ1v) is 11.9. The van der Waals surface area contributed by atoms with E-state index in [1.54, 1.807) is 54.9 Å². The number of fused-ring (bicyclic) bond motifs is 1. The number of pyridine rings is 1. The molecule has 10 heteroatoms. The molecule has 0 aliphatic heterocycles. The fourth-order valence-electron chi connectivity index (χ4n) is 3.79. The Labute approximate surface area is 211 Å². The molecular formula is C25H28BrN3O6. The average molecular weight is 546 g/mol. The number of unbranched alkanes of at least 4 members (excludes halogenated alkanes) is 2. The van der Waals surface area contributed by atoms with Gasteiger partial charge in [0.05, 0.1) is 19.7 Å². The van der Waals surface area contributed by atoms with Crippen molar-refractivity contribution < 1.29 is 24.3 Å². The molecule has 3 N–H and O–H groups in total. The van der Waals surface area contributed by atoms with Crippen molar-refractivity contribution in [1.29, 1.82) is 0 Å². The lowest BCUT2D eigenvalue weighted by Gasteiger charge is -2.24.